The van der Waals surface area contributed by atoms with Crippen molar-refractivity contribution in [2.24, 2.45) is 5.92 Å². The smallest absolute Gasteiger partial charge is 0.122 e. The number of rotatable bonds is 6. The van der Waals surface area contributed by atoms with Crippen LogP contribution in [-0.2, 0) is 15.9 Å². The topological polar surface area (TPSA) is 109 Å². The number of aliphatic hydroxyl groups excluding tert-OH is 4. The molecule has 1 aliphatic carbocycles. The van der Waals surface area contributed by atoms with Gasteiger partial charge in [0, 0.05) is 7.11 Å². The first-order valence-electron chi connectivity index (χ1n) is 9.98. The maximum atomic E-state index is 10.4. The van der Waals surface area contributed by atoms with E-state index < -0.39 is 37.1 Å². The summed E-state index contributed by atoms with van der Waals surface area (Å²) in [5.41, 5.74) is 1.72. The van der Waals surface area contributed by atoms with E-state index in [0.717, 1.165) is 43.4 Å². The van der Waals surface area contributed by atoms with Crippen molar-refractivity contribution in [3.8, 4) is 5.75 Å². The molecule has 2 fully saturated rings. The molecule has 1 aliphatic heterocycles. The number of ether oxygens (including phenoxy) is 3. The highest BCUT2D eigenvalue weighted by Crippen LogP contribution is 2.36. The minimum absolute atomic E-state index is 0.346. The van der Waals surface area contributed by atoms with Crippen LogP contribution in [0.5, 0.6) is 5.75 Å². The second-order valence-electron chi connectivity index (χ2n) is 7.90. The zero-order valence-electron chi connectivity index (χ0n) is 16.5. The quantitative estimate of drug-likeness (QED) is 0.567. The van der Waals surface area contributed by atoms with E-state index in [1.807, 2.05) is 12.1 Å². The summed E-state index contributed by atoms with van der Waals surface area (Å²) in [6.45, 7) is -0.437. The summed E-state index contributed by atoms with van der Waals surface area (Å²) in [5.74, 6) is 1.31. The van der Waals surface area contributed by atoms with Gasteiger partial charge in [-0.2, -0.15) is 0 Å². The highest BCUT2D eigenvalue weighted by atomic mass is 16.5. The van der Waals surface area contributed by atoms with Gasteiger partial charge in [-0.3, -0.25) is 0 Å². The molecule has 2 aliphatic rings. The Morgan fingerprint density at radius 3 is 2.32 bits per heavy atom. The molecular weight excluding hydrogens is 364 g/mol. The molecule has 0 radical (unpaired) electrons. The van der Waals surface area contributed by atoms with Crippen LogP contribution in [0.3, 0.4) is 0 Å². The Labute approximate surface area is 165 Å². The lowest BCUT2D eigenvalue weighted by molar-refractivity contribution is -0.231. The molecule has 5 atom stereocenters. The van der Waals surface area contributed by atoms with Crippen LogP contribution >= 0.6 is 0 Å². The molecule has 1 saturated carbocycles. The first-order valence-corrected chi connectivity index (χ1v) is 9.98. The van der Waals surface area contributed by atoms with Gasteiger partial charge in [-0.15, -0.1) is 0 Å². The van der Waals surface area contributed by atoms with Crippen molar-refractivity contribution < 1.29 is 34.6 Å². The van der Waals surface area contributed by atoms with Gasteiger partial charge in [0.2, 0.25) is 0 Å². The fourth-order valence-corrected chi connectivity index (χ4v) is 4.39. The fourth-order valence-electron chi connectivity index (χ4n) is 4.39. The molecule has 0 unspecified atom stereocenters. The molecule has 0 aromatic heterocycles. The van der Waals surface area contributed by atoms with Crippen LogP contribution in [0.25, 0.3) is 0 Å². The molecule has 0 amide bonds. The van der Waals surface area contributed by atoms with Crippen molar-refractivity contribution >= 4 is 0 Å². The van der Waals surface area contributed by atoms with Gasteiger partial charge in [0.15, 0.2) is 0 Å². The van der Waals surface area contributed by atoms with Crippen LogP contribution in [0.4, 0.5) is 0 Å². The molecule has 1 aromatic rings. The van der Waals surface area contributed by atoms with Crippen LogP contribution < -0.4 is 4.74 Å². The molecule has 3 rings (SSSR count). The molecule has 4 N–H and O–H groups in total. The minimum atomic E-state index is -1.38. The Bertz CT molecular complexity index is 627. The Kier molecular flexibility index (Phi) is 7.31. The standard InChI is InChI=1S/C21H32O7/c1-26-15-6-3-12(4-7-15)9-14-10-13(5-8-16(14)27-2)21-20(25)19(24)18(23)17(11-22)28-21/h5,8,10,12,15,17-25H,3-4,6-7,9,11H2,1-2H3/t12?,15?,17-,18-,19+,20-,21+/m1/s1. The Balaban J connectivity index is 1.78. The van der Waals surface area contributed by atoms with Crippen molar-refractivity contribution in [3.05, 3.63) is 29.3 Å². The van der Waals surface area contributed by atoms with Crippen molar-refractivity contribution in [1.29, 1.82) is 0 Å². The van der Waals surface area contributed by atoms with E-state index in [1.165, 1.54) is 0 Å². The van der Waals surface area contributed by atoms with Crippen molar-refractivity contribution in [2.75, 3.05) is 20.8 Å². The first-order chi connectivity index (χ1) is 13.5. The second-order valence-corrected chi connectivity index (χ2v) is 7.90. The average molecular weight is 396 g/mol. The van der Waals surface area contributed by atoms with E-state index in [4.69, 9.17) is 14.2 Å². The van der Waals surface area contributed by atoms with Crippen LogP contribution in [0.1, 0.15) is 42.9 Å². The van der Waals surface area contributed by atoms with Gasteiger partial charge in [-0.1, -0.05) is 6.07 Å². The summed E-state index contributed by atoms with van der Waals surface area (Å²) in [6, 6.07) is 5.57. The van der Waals surface area contributed by atoms with E-state index in [1.54, 1.807) is 20.3 Å². The molecule has 1 saturated heterocycles. The number of benzene rings is 1. The van der Waals surface area contributed by atoms with Crippen LogP contribution in [0, 0.1) is 5.92 Å². The molecule has 0 spiro atoms. The summed E-state index contributed by atoms with van der Waals surface area (Å²) in [6.07, 6.45) is -0.290. The van der Waals surface area contributed by atoms with E-state index in [0.29, 0.717) is 17.6 Å². The molecule has 28 heavy (non-hydrogen) atoms. The predicted molar refractivity (Wildman–Crippen MR) is 102 cm³/mol. The molecule has 158 valence electrons. The van der Waals surface area contributed by atoms with Gasteiger partial charge in [0.1, 0.15) is 36.3 Å². The van der Waals surface area contributed by atoms with Gasteiger partial charge >= 0.3 is 0 Å². The summed E-state index contributed by atoms with van der Waals surface area (Å²) in [4.78, 5) is 0. The second kappa shape index (κ2) is 9.52. The molecule has 0 bridgehead atoms. The summed E-state index contributed by atoms with van der Waals surface area (Å²) < 4.78 is 16.7. The lowest BCUT2D eigenvalue weighted by atomic mass is 9.82. The van der Waals surface area contributed by atoms with Gasteiger partial charge in [0.25, 0.3) is 0 Å². The van der Waals surface area contributed by atoms with Gasteiger partial charge in [0.05, 0.1) is 19.8 Å². The third-order valence-corrected chi connectivity index (χ3v) is 6.16. The maximum Gasteiger partial charge on any atom is 0.122 e. The number of hydrogen-bond donors (Lipinski definition) is 4. The van der Waals surface area contributed by atoms with Crippen LogP contribution in [0.15, 0.2) is 18.2 Å². The van der Waals surface area contributed by atoms with Gasteiger partial charge in [-0.05, 0) is 61.3 Å². The summed E-state index contributed by atoms with van der Waals surface area (Å²) in [5, 5.41) is 39.9. The normalized spacial score (nSPS) is 36.3. The SMILES string of the molecule is COc1ccc([C@@H]2O[C@H](CO)[C@@H](O)[C@H](O)[C@H]2O)cc1CC1CCC(OC)CC1. The van der Waals surface area contributed by atoms with Crippen LogP contribution in [0.2, 0.25) is 0 Å². The summed E-state index contributed by atoms with van der Waals surface area (Å²) >= 11 is 0. The highest BCUT2D eigenvalue weighted by molar-refractivity contribution is 5.39. The fraction of sp³-hybridized carbons (Fsp3) is 0.714. The monoisotopic (exact) mass is 396 g/mol. The van der Waals surface area contributed by atoms with Crippen molar-refractivity contribution in [1.82, 2.24) is 0 Å². The average Bonchev–Trinajstić information content (AvgIpc) is 2.73. The lowest BCUT2D eigenvalue weighted by Gasteiger charge is -2.40. The molecule has 1 heterocycles. The molecular formula is C21H32O7. The van der Waals surface area contributed by atoms with Gasteiger partial charge < -0.3 is 34.6 Å². The first kappa shape index (κ1) is 21.5. The molecule has 7 nitrogen and oxygen atoms in total. The van der Waals surface area contributed by atoms with E-state index in [-0.39, 0.29) is 0 Å². The molecule has 7 heteroatoms. The third kappa shape index (κ3) is 4.50. The molecule has 1 aromatic carbocycles. The number of aliphatic hydroxyl groups is 4. The highest BCUT2D eigenvalue weighted by Gasteiger charge is 2.44. The zero-order valence-corrected chi connectivity index (χ0v) is 16.5. The van der Waals surface area contributed by atoms with E-state index in [2.05, 4.69) is 0 Å². The largest absolute Gasteiger partial charge is 0.496 e. The Hall–Kier alpha value is -1.22. The van der Waals surface area contributed by atoms with E-state index >= 15 is 0 Å². The Morgan fingerprint density at radius 1 is 1.00 bits per heavy atom. The van der Waals surface area contributed by atoms with Crippen LogP contribution in [-0.4, -0.2) is 71.8 Å². The minimum Gasteiger partial charge on any atom is -0.496 e. The maximum absolute atomic E-state index is 10.4. The lowest BCUT2D eigenvalue weighted by Crippen LogP contribution is -2.55. The third-order valence-electron chi connectivity index (χ3n) is 6.16. The summed E-state index contributed by atoms with van der Waals surface area (Å²) in [7, 11) is 3.40. The zero-order chi connectivity index (χ0) is 20.3. The predicted octanol–water partition coefficient (Wildman–Crippen LogP) is 0.958. The van der Waals surface area contributed by atoms with Crippen molar-refractivity contribution in [2.45, 2.75) is 68.7 Å². The number of hydrogen-bond acceptors (Lipinski definition) is 7. The van der Waals surface area contributed by atoms with E-state index in [9.17, 15) is 20.4 Å². The number of methoxy groups -OCH3 is 2. The van der Waals surface area contributed by atoms with Crippen molar-refractivity contribution in [3.63, 3.8) is 0 Å². The Morgan fingerprint density at radius 2 is 1.71 bits per heavy atom. The van der Waals surface area contributed by atoms with Gasteiger partial charge in [-0.25, -0.2) is 0 Å².